The van der Waals surface area contributed by atoms with E-state index in [9.17, 15) is 22.8 Å². The van der Waals surface area contributed by atoms with E-state index in [1.54, 1.807) is 6.07 Å². The first-order chi connectivity index (χ1) is 9.67. The first-order valence-corrected chi connectivity index (χ1v) is 6.42. The van der Waals surface area contributed by atoms with E-state index in [4.69, 9.17) is 16.7 Å². The van der Waals surface area contributed by atoms with Gasteiger partial charge in [-0.15, -0.1) is 0 Å². The molecule has 1 aromatic carbocycles. The third-order valence-corrected chi connectivity index (χ3v) is 2.90. The molecule has 0 fully saturated rings. The second kappa shape index (κ2) is 7.31. The van der Waals surface area contributed by atoms with E-state index in [-0.39, 0.29) is 23.6 Å². The Morgan fingerprint density at radius 3 is 2.48 bits per heavy atom. The number of hydrogen-bond donors (Lipinski definition) is 2. The van der Waals surface area contributed by atoms with Gasteiger partial charge >= 0.3 is 12.1 Å². The van der Waals surface area contributed by atoms with Crippen molar-refractivity contribution in [2.75, 3.05) is 5.32 Å². The second-order valence-corrected chi connectivity index (χ2v) is 4.78. The third-order valence-electron chi connectivity index (χ3n) is 2.57. The lowest BCUT2D eigenvalue weighted by atomic mass is 10.1. The molecular weight excluding hydrogens is 311 g/mol. The molecule has 0 radical (unpaired) electrons. The predicted octanol–water partition coefficient (Wildman–Crippen LogP) is 3.64. The average molecular weight is 324 g/mol. The molecule has 1 rings (SSSR count). The largest absolute Gasteiger partial charge is 0.481 e. The van der Waals surface area contributed by atoms with E-state index in [0.717, 1.165) is 0 Å². The lowest BCUT2D eigenvalue weighted by Crippen LogP contribution is -2.16. The van der Waals surface area contributed by atoms with Crippen molar-refractivity contribution in [3.8, 4) is 0 Å². The van der Waals surface area contributed by atoms with Gasteiger partial charge in [-0.05, 0) is 24.1 Å². The minimum absolute atomic E-state index is 0.0942. The normalized spacial score (nSPS) is 11.2. The van der Waals surface area contributed by atoms with Gasteiger partial charge in [-0.25, -0.2) is 0 Å². The number of alkyl halides is 3. The van der Waals surface area contributed by atoms with Crippen LogP contribution in [0, 0.1) is 0 Å². The summed E-state index contributed by atoms with van der Waals surface area (Å²) < 4.78 is 36.0. The molecule has 1 amide bonds. The summed E-state index contributed by atoms with van der Waals surface area (Å²) in [6.07, 6.45) is -6.17. The van der Waals surface area contributed by atoms with E-state index in [1.807, 2.05) is 0 Å². The summed E-state index contributed by atoms with van der Waals surface area (Å²) in [6.45, 7) is 0. The van der Waals surface area contributed by atoms with Gasteiger partial charge in [0.15, 0.2) is 0 Å². The molecule has 0 aliphatic rings. The number of carbonyl (C=O) groups excluding carboxylic acids is 1. The van der Waals surface area contributed by atoms with Gasteiger partial charge < -0.3 is 10.4 Å². The van der Waals surface area contributed by atoms with Crippen molar-refractivity contribution in [2.24, 2.45) is 0 Å². The van der Waals surface area contributed by atoms with E-state index < -0.39 is 30.9 Å². The number of aliphatic carboxylic acids is 1. The van der Waals surface area contributed by atoms with Crippen molar-refractivity contribution >= 4 is 29.2 Å². The van der Waals surface area contributed by atoms with Crippen LogP contribution >= 0.6 is 11.6 Å². The van der Waals surface area contributed by atoms with Crippen LogP contribution in [-0.2, 0) is 16.0 Å². The number of amides is 1. The molecule has 0 aromatic heterocycles. The molecule has 0 unspecified atom stereocenters. The van der Waals surface area contributed by atoms with Gasteiger partial charge in [0, 0.05) is 12.8 Å². The average Bonchev–Trinajstić information content (AvgIpc) is 2.36. The van der Waals surface area contributed by atoms with Crippen LogP contribution in [0.3, 0.4) is 0 Å². The summed E-state index contributed by atoms with van der Waals surface area (Å²) >= 11 is 5.84. The zero-order valence-electron chi connectivity index (χ0n) is 10.8. The van der Waals surface area contributed by atoms with Crippen molar-refractivity contribution in [1.29, 1.82) is 0 Å². The van der Waals surface area contributed by atoms with Crippen molar-refractivity contribution in [3.63, 3.8) is 0 Å². The Morgan fingerprint density at radius 1 is 1.24 bits per heavy atom. The Balaban J connectivity index is 2.67. The van der Waals surface area contributed by atoms with E-state index in [1.165, 1.54) is 12.1 Å². The van der Waals surface area contributed by atoms with Crippen LogP contribution < -0.4 is 5.32 Å². The number of anilines is 1. The highest BCUT2D eigenvalue weighted by Gasteiger charge is 2.27. The fourth-order valence-corrected chi connectivity index (χ4v) is 1.71. The van der Waals surface area contributed by atoms with Crippen molar-refractivity contribution in [3.05, 3.63) is 28.8 Å². The molecule has 8 heteroatoms. The number of aryl methyl sites for hydroxylation is 1. The van der Waals surface area contributed by atoms with Crippen molar-refractivity contribution < 1.29 is 27.9 Å². The fraction of sp³-hybridized carbons (Fsp3) is 0.385. The highest BCUT2D eigenvalue weighted by Crippen LogP contribution is 2.25. The summed E-state index contributed by atoms with van der Waals surface area (Å²) in [5.74, 6) is -1.77. The molecule has 0 aliphatic heterocycles. The van der Waals surface area contributed by atoms with E-state index in [0.29, 0.717) is 5.56 Å². The Labute approximate surface area is 123 Å². The number of carboxylic acid groups (broad SMARTS) is 1. The number of halogens is 4. The smallest absolute Gasteiger partial charge is 0.389 e. The molecule has 1 aromatic rings. The van der Waals surface area contributed by atoms with Crippen molar-refractivity contribution in [2.45, 2.75) is 31.9 Å². The molecule has 0 heterocycles. The van der Waals surface area contributed by atoms with Crippen molar-refractivity contribution in [1.82, 2.24) is 0 Å². The maximum atomic E-state index is 12.0. The van der Waals surface area contributed by atoms with Crippen LogP contribution in [0.5, 0.6) is 0 Å². The Morgan fingerprint density at radius 2 is 1.90 bits per heavy atom. The minimum Gasteiger partial charge on any atom is -0.481 e. The van der Waals surface area contributed by atoms with Gasteiger partial charge in [0.05, 0.1) is 17.1 Å². The standard InChI is InChI=1S/C13H13ClF3NO3/c14-9-3-1-8(2-4-12(20)21)7-10(9)18-11(19)5-6-13(15,16)17/h1,3,7H,2,4-6H2,(H,18,19)(H,20,21). The third kappa shape index (κ3) is 6.99. The van der Waals surface area contributed by atoms with Gasteiger partial charge in [-0.1, -0.05) is 17.7 Å². The molecule has 0 bridgehead atoms. The van der Waals surface area contributed by atoms with Crippen LogP contribution in [-0.4, -0.2) is 23.2 Å². The number of carbonyl (C=O) groups is 2. The zero-order valence-corrected chi connectivity index (χ0v) is 11.6. The Bertz CT molecular complexity index is 532. The first-order valence-electron chi connectivity index (χ1n) is 6.04. The summed E-state index contributed by atoms with van der Waals surface area (Å²) in [5, 5.41) is 11.1. The second-order valence-electron chi connectivity index (χ2n) is 4.37. The van der Waals surface area contributed by atoms with Crippen LogP contribution in [0.2, 0.25) is 5.02 Å². The molecule has 2 N–H and O–H groups in total. The monoisotopic (exact) mass is 323 g/mol. The molecule has 21 heavy (non-hydrogen) atoms. The number of rotatable bonds is 6. The lowest BCUT2D eigenvalue weighted by molar-refractivity contribution is -0.142. The minimum atomic E-state index is -4.40. The SMILES string of the molecule is O=C(O)CCc1ccc(Cl)c(NC(=O)CCC(F)(F)F)c1. The maximum Gasteiger partial charge on any atom is 0.389 e. The number of carboxylic acids is 1. The van der Waals surface area contributed by atoms with E-state index >= 15 is 0 Å². The summed E-state index contributed by atoms with van der Waals surface area (Å²) in [4.78, 5) is 21.9. The molecule has 0 saturated carbocycles. The Kier molecular flexibility index (Phi) is 6.02. The molecule has 0 aliphatic carbocycles. The first kappa shape index (κ1) is 17.3. The number of hydrogen-bond acceptors (Lipinski definition) is 2. The lowest BCUT2D eigenvalue weighted by Gasteiger charge is -2.10. The van der Waals surface area contributed by atoms with E-state index in [2.05, 4.69) is 5.32 Å². The molecular formula is C13H13ClF3NO3. The van der Waals surface area contributed by atoms with Gasteiger partial charge in [-0.3, -0.25) is 9.59 Å². The fourth-order valence-electron chi connectivity index (χ4n) is 1.54. The van der Waals surface area contributed by atoms with Gasteiger partial charge in [-0.2, -0.15) is 13.2 Å². The highest BCUT2D eigenvalue weighted by molar-refractivity contribution is 6.33. The maximum absolute atomic E-state index is 12.0. The molecule has 116 valence electrons. The van der Waals surface area contributed by atoms with Crippen LogP contribution in [0.15, 0.2) is 18.2 Å². The predicted molar refractivity (Wildman–Crippen MR) is 71.3 cm³/mol. The zero-order chi connectivity index (χ0) is 16.0. The molecule has 0 saturated heterocycles. The summed E-state index contributed by atoms with van der Waals surface area (Å²) in [7, 11) is 0. The molecule has 0 spiro atoms. The number of benzene rings is 1. The summed E-state index contributed by atoms with van der Waals surface area (Å²) in [6, 6.07) is 4.51. The number of nitrogens with one attached hydrogen (secondary N) is 1. The molecule has 4 nitrogen and oxygen atoms in total. The van der Waals surface area contributed by atoms with Gasteiger partial charge in [0.1, 0.15) is 0 Å². The van der Waals surface area contributed by atoms with Gasteiger partial charge in [0.2, 0.25) is 5.91 Å². The van der Waals surface area contributed by atoms with Crippen LogP contribution in [0.25, 0.3) is 0 Å². The highest BCUT2D eigenvalue weighted by atomic mass is 35.5. The van der Waals surface area contributed by atoms with Crippen LogP contribution in [0.4, 0.5) is 18.9 Å². The quantitative estimate of drug-likeness (QED) is 0.840. The summed E-state index contributed by atoms with van der Waals surface area (Å²) in [5.41, 5.74) is 0.791. The topological polar surface area (TPSA) is 66.4 Å². The Hall–Kier alpha value is -1.76. The van der Waals surface area contributed by atoms with Gasteiger partial charge in [0.25, 0.3) is 0 Å². The van der Waals surface area contributed by atoms with Crippen LogP contribution in [0.1, 0.15) is 24.8 Å². The molecule has 0 atom stereocenters.